The average molecular weight is 205 g/mol. The van der Waals surface area contributed by atoms with Gasteiger partial charge in [0.15, 0.2) is 0 Å². The highest BCUT2D eigenvalue weighted by atomic mass is 32.1. The molecule has 0 amide bonds. The number of aryl methyl sites for hydroxylation is 2. The Morgan fingerprint density at radius 3 is 2.57 bits per heavy atom. The molecule has 1 aromatic carbocycles. The maximum atomic E-state index is 4.54. The fraction of sp³-hybridized carbons (Fsp3) is 0.417. The van der Waals surface area contributed by atoms with E-state index in [2.05, 4.69) is 44.2 Å². The topological polar surface area (TPSA) is 12.9 Å². The zero-order chi connectivity index (χ0) is 10.3. The van der Waals surface area contributed by atoms with E-state index in [1.165, 1.54) is 26.9 Å². The van der Waals surface area contributed by atoms with Crippen LogP contribution in [0.1, 0.15) is 36.6 Å². The summed E-state index contributed by atoms with van der Waals surface area (Å²) in [7, 11) is 0. The minimum atomic E-state index is 0.519. The molecular formula is C12H15NS. The number of nitrogens with zero attached hydrogens (tertiary/aromatic N) is 1. The van der Waals surface area contributed by atoms with Crippen molar-refractivity contribution in [2.45, 2.75) is 33.6 Å². The van der Waals surface area contributed by atoms with Crippen LogP contribution >= 0.6 is 11.5 Å². The zero-order valence-electron chi connectivity index (χ0n) is 9.09. The minimum absolute atomic E-state index is 0.519. The van der Waals surface area contributed by atoms with Gasteiger partial charge in [0.05, 0.1) is 10.4 Å². The summed E-state index contributed by atoms with van der Waals surface area (Å²) in [6.45, 7) is 8.72. The number of aromatic nitrogens is 1. The van der Waals surface area contributed by atoms with Crippen LogP contribution in [0.2, 0.25) is 0 Å². The summed E-state index contributed by atoms with van der Waals surface area (Å²) in [5.41, 5.74) is 3.94. The summed E-state index contributed by atoms with van der Waals surface area (Å²) in [5, 5.41) is 1.37. The monoisotopic (exact) mass is 205 g/mol. The highest BCUT2D eigenvalue weighted by molar-refractivity contribution is 7.13. The lowest BCUT2D eigenvalue weighted by Crippen LogP contribution is -1.89. The molecule has 0 saturated heterocycles. The van der Waals surface area contributed by atoms with Gasteiger partial charge in [-0.3, -0.25) is 0 Å². The van der Waals surface area contributed by atoms with Gasteiger partial charge < -0.3 is 0 Å². The molecule has 0 radical (unpaired) electrons. The molecule has 2 heteroatoms. The van der Waals surface area contributed by atoms with Gasteiger partial charge >= 0.3 is 0 Å². The van der Waals surface area contributed by atoms with Gasteiger partial charge in [0.25, 0.3) is 0 Å². The highest BCUT2D eigenvalue weighted by Crippen LogP contribution is 2.31. The van der Waals surface area contributed by atoms with E-state index in [9.17, 15) is 0 Å². The maximum Gasteiger partial charge on any atom is 0.0648 e. The smallest absolute Gasteiger partial charge is 0.0648 e. The average Bonchev–Trinajstić information content (AvgIpc) is 2.47. The molecule has 0 atom stereocenters. The molecule has 14 heavy (non-hydrogen) atoms. The molecule has 0 aliphatic carbocycles. The van der Waals surface area contributed by atoms with Crippen LogP contribution in [0.15, 0.2) is 12.1 Å². The van der Waals surface area contributed by atoms with Gasteiger partial charge in [-0.15, -0.1) is 0 Å². The number of benzene rings is 1. The van der Waals surface area contributed by atoms with E-state index in [0.29, 0.717) is 5.92 Å². The predicted molar refractivity (Wildman–Crippen MR) is 63.2 cm³/mol. The maximum absolute atomic E-state index is 4.54. The van der Waals surface area contributed by atoms with E-state index in [0.717, 1.165) is 0 Å². The van der Waals surface area contributed by atoms with Crippen molar-refractivity contribution in [3.8, 4) is 0 Å². The van der Waals surface area contributed by atoms with Gasteiger partial charge in [0, 0.05) is 5.39 Å². The van der Waals surface area contributed by atoms with Crippen LogP contribution in [0.3, 0.4) is 0 Å². The number of hydrogen-bond donors (Lipinski definition) is 0. The van der Waals surface area contributed by atoms with Crippen molar-refractivity contribution in [2.24, 2.45) is 0 Å². The number of hydrogen-bond acceptors (Lipinski definition) is 2. The summed E-state index contributed by atoms with van der Waals surface area (Å²) < 4.78 is 5.86. The van der Waals surface area contributed by atoms with E-state index in [1.54, 1.807) is 11.5 Å². The summed E-state index contributed by atoms with van der Waals surface area (Å²) >= 11 is 1.62. The molecule has 1 heterocycles. The number of fused-ring (bicyclic) bond motifs is 1. The van der Waals surface area contributed by atoms with Gasteiger partial charge in [0.2, 0.25) is 0 Å². The lowest BCUT2D eigenvalue weighted by molar-refractivity contribution is 0.849. The predicted octanol–water partition coefficient (Wildman–Crippen LogP) is 4.04. The second-order valence-corrected chi connectivity index (χ2v) is 4.98. The standard InChI is InChI=1S/C12H15NS/c1-7(2)12-11-9(4)5-8(3)6-10(11)14-13-12/h5-7H,1-4H3. The Kier molecular flexibility index (Phi) is 2.31. The first-order valence-electron chi connectivity index (χ1n) is 4.96. The van der Waals surface area contributed by atoms with Gasteiger partial charge in [0.1, 0.15) is 0 Å². The first kappa shape index (κ1) is 9.66. The first-order valence-corrected chi connectivity index (χ1v) is 5.73. The molecule has 0 bridgehead atoms. The normalized spacial score (nSPS) is 11.5. The van der Waals surface area contributed by atoms with Gasteiger partial charge in [-0.2, -0.15) is 4.37 Å². The molecule has 2 aromatic rings. The van der Waals surface area contributed by atoms with Crippen LogP contribution in [-0.4, -0.2) is 4.37 Å². The minimum Gasteiger partial charge on any atom is -0.196 e. The van der Waals surface area contributed by atoms with Crippen molar-refractivity contribution in [1.29, 1.82) is 0 Å². The summed E-state index contributed by atoms with van der Waals surface area (Å²) in [6, 6.07) is 4.47. The summed E-state index contributed by atoms with van der Waals surface area (Å²) in [4.78, 5) is 0. The van der Waals surface area contributed by atoms with Crippen LogP contribution < -0.4 is 0 Å². The lowest BCUT2D eigenvalue weighted by Gasteiger charge is -2.04. The quantitative estimate of drug-likeness (QED) is 0.684. The van der Waals surface area contributed by atoms with Crippen LogP contribution in [0.25, 0.3) is 10.1 Å². The van der Waals surface area contributed by atoms with Crippen molar-refractivity contribution in [2.75, 3.05) is 0 Å². The molecule has 1 aromatic heterocycles. The zero-order valence-corrected chi connectivity index (χ0v) is 9.90. The molecule has 1 nitrogen and oxygen atoms in total. The Morgan fingerprint density at radius 2 is 1.93 bits per heavy atom. The van der Waals surface area contributed by atoms with Crippen LogP contribution in [0.4, 0.5) is 0 Å². The lowest BCUT2D eigenvalue weighted by atomic mass is 10.0. The van der Waals surface area contributed by atoms with Crippen molar-refractivity contribution in [3.63, 3.8) is 0 Å². The fourth-order valence-electron chi connectivity index (χ4n) is 1.87. The van der Waals surface area contributed by atoms with Gasteiger partial charge in [-0.05, 0) is 48.5 Å². The fourth-order valence-corrected chi connectivity index (χ4v) is 2.96. The Hall–Kier alpha value is -0.890. The first-order chi connectivity index (χ1) is 6.59. The van der Waals surface area contributed by atoms with Crippen molar-refractivity contribution < 1.29 is 0 Å². The third kappa shape index (κ3) is 1.44. The molecule has 0 spiro atoms. The summed E-state index contributed by atoms with van der Waals surface area (Å²) in [5.74, 6) is 0.519. The Balaban J connectivity index is 2.79. The van der Waals surface area contributed by atoms with E-state index < -0.39 is 0 Å². The molecular weight excluding hydrogens is 190 g/mol. The highest BCUT2D eigenvalue weighted by Gasteiger charge is 2.11. The SMILES string of the molecule is Cc1cc(C)c2c(C(C)C)nsc2c1. The Bertz CT molecular complexity index is 468. The molecule has 2 rings (SSSR count). The third-order valence-electron chi connectivity index (χ3n) is 2.49. The number of rotatable bonds is 1. The van der Waals surface area contributed by atoms with E-state index >= 15 is 0 Å². The molecule has 0 saturated carbocycles. The molecule has 0 unspecified atom stereocenters. The van der Waals surface area contributed by atoms with E-state index in [4.69, 9.17) is 0 Å². The van der Waals surface area contributed by atoms with Crippen LogP contribution in [0.5, 0.6) is 0 Å². The van der Waals surface area contributed by atoms with Crippen LogP contribution in [0, 0.1) is 13.8 Å². The Labute approximate surface area is 88.9 Å². The molecule has 0 fully saturated rings. The van der Waals surface area contributed by atoms with Crippen molar-refractivity contribution in [3.05, 3.63) is 29.0 Å². The molecule has 74 valence electrons. The van der Waals surface area contributed by atoms with Crippen molar-refractivity contribution >= 4 is 21.6 Å². The third-order valence-corrected chi connectivity index (χ3v) is 3.30. The second-order valence-electron chi connectivity index (χ2n) is 4.18. The largest absolute Gasteiger partial charge is 0.196 e. The molecule has 0 aliphatic heterocycles. The second kappa shape index (κ2) is 3.35. The molecule has 0 N–H and O–H groups in total. The van der Waals surface area contributed by atoms with Gasteiger partial charge in [-0.25, -0.2) is 0 Å². The summed E-state index contributed by atoms with van der Waals surface area (Å²) in [6.07, 6.45) is 0. The van der Waals surface area contributed by atoms with Crippen molar-refractivity contribution in [1.82, 2.24) is 4.37 Å². The Morgan fingerprint density at radius 1 is 1.21 bits per heavy atom. The van der Waals surface area contributed by atoms with E-state index in [1.807, 2.05) is 0 Å². The van der Waals surface area contributed by atoms with Crippen LogP contribution in [-0.2, 0) is 0 Å². The van der Waals surface area contributed by atoms with Gasteiger partial charge in [-0.1, -0.05) is 19.9 Å². The van der Waals surface area contributed by atoms with E-state index in [-0.39, 0.29) is 0 Å². The molecule has 0 aliphatic rings.